The molecular formula is C14H21N5O. The van der Waals surface area contributed by atoms with Gasteiger partial charge in [0.05, 0.1) is 7.11 Å². The second-order valence-corrected chi connectivity index (χ2v) is 4.77. The van der Waals surface area contributed by atoms with Crippen LogP contribution in [0.5, 0.6) is 5.88 Å². The lowest BCUT2D eigenvalue weighted by Crippen LogP contribution is -2.37. The topological polar surface area (TPSA) is 78.0 Å². The Labute approximate surface area is 119 Å². The van der Waals surface area contributed by atoms with Crippen LogP contribution in [0.15, 0.2) is 30.7 Å². The monoisotopic (exact) mass is 275 g/mol. The van der Waals surface area contributed by atoms with Gasteiger partial charge in [0, 0.05) is 44.2 Å². The molecule has 0 amide bonds. The molecule has 0 aliphatic rings. The summed E-state index contributed by atoms with van der Waals surface area (Å²) in [4.78, 5) is 8.52. The summed E-state index contributed by atoms with van der Waals surface area (Å²) < 4.78 is 7.08. The normalized spacial score (nSPS) is 12.3. The average molecular weight is 275 g/mol. The maximum atomic E-state index is 5.63. The maximum absolute atomic E-state index is 5.63. The predicted molar refractivity (Wildman–Crippen MR) is 77.1 cm³/mol. The van der Waals surface area contributed by atoms with Gasteiger partial charge >= 0.3 is 0 Å². The number of ether oxygens (including phenoxy) is 1. The molecule has 2 heterocycles. The van der Waals surface area contributed by atoms with E-state index >= 15 is 0 Å². The molecule has 0 aliphatic carbocycles. The number of imidazole rings is 1. The van der Waals surface area contributed by atoms with E-state index in [-0.39, 0.29) is 6.04 Å². The molecule has 2 aromatic rings. The van der Waals surface area contributed by atoms with E-state index in [0.717, 1.165) is 30.7 Å². The van der Waals surface area contributed by atoms with Crippen LogP contribution < -0.4 is 16.0 Å². The van der Waals surface area contributed by atoms with Gasteiger partial charge in [-0.05, 0) is 18.4 Å². The molecule has 0 fully saturated rings. The number of hydrazine groups is 1. The van der Waals surface area contributed by atoms with Crippen molar-refractivity contribution in [3.05, 3.63) is 42.1 Å². The van der Waals surface area contributed by atoms with E-state index in [1.165, 1.54) is 0 Å². The first-order valence-electron chi connectivity index (χ1n) is 6.64. The molecule has 0 radical (unpaired) electrons. The fourth-order valence-corrected chi connectivity index (χ4v) is 2.12. The summed E-state index contributed by atoms with van der Waals surface area (Å²) in [5.74, 6) is 7.32. The Balaban J connectivity index is 1.89. The molecule has 0 aliphatic heterocycles. The van der Waals surface area contributed by atoms with Gasteiger partial charge in [0.1, 0.15) is 5.82 Å². The number of hydrogen-bond acceptors (Lipinski definition) is 5. The fourth-order valence-electron chi connectivity index (χ4n) is 2.12. The van der Waals surface area contributed by atoms with E-state index in [1.807, 2.05) is 42.3 Å². The average Bonchev–Trinajstić information content (AvgIpc) is 2.89. The van der Waals surface area contributed by atoms with Gasteiger partial charge in [0.25, 0.3) is 0 Å². The molecule has 0 aromatic carbocycles. The SMILES string of the molecule is COc1ccc(CC(CCc2nccn2C)NN)cn1. The van der Waals surface area contributed by atoms with Crippen LogP contribution >= 0.6 is 0 Å². The molecule has 2 aromatic heterocycles. The first-order chi connectivity index (χ1) is 9.72. The van der Waals surface area contributed by atoms with E-state index in [1.54, 1.807) is 7.11 Å². The zero-order valence-electron chi connectivity index (χ0n) is 11.9. The smallest absolute Gasteiger partial charge is 0.212 e. The second kappa shape index (κ2) is 7.02. The van der Waals surface area contributed by atoms with Crippen LogP contribution in [0.1, 0.15) is 17.8 Å². The van der Waals surface area contributed by atoms with Gasteiger partial charge in [-0.1, -0.05) is 6.07 Å². The van der Waals surface area contributed by atoms with Crippen molar-refractivity contribution in [2.24, 2.45) is 12.9 Å². The Morgan fingerprint density at radius 3 is 2.80 bits per heavy atom. The number of methoxy groups -OCH3 is 1. The molecule has 0 bridgehead atoms. The number of aryl methyl sites for hydroxylation is 2. The number of hydrogen-bond donors (Lipinski definition) is 2. The minimum atomic E-state index is 0.196. The van der Waals surface area contributed by atoms with Crippen LogP contribution in [0.2, 0.25) is 0 Å². The summed E-state index contributed by atoms with van der Waals surface area (Å²) in [6, 6.07) is 4.07. The third-order valence-corrected chi connectivity index (χ3v) is 3.36. The molecule has 108 valence electrons. The van der Waals surface area contributed by atoms with Gasteiger partial charge in [0.15, 0.2) is 0 Å². The van der Waals surface area contributed by atoms with Gasteiger partial charge < -0.3 is 9.30 Å². The number of nitrogens with zero attached hydrogens (tertiary/aromatic N) is 3. The first-order valence-corrected chi connectivity index (χ1v) is 6.64. The van der Waals surface area contributed by atoms with Crippen molar-refractivity contribution in [1.29, 1.82) is 0 Å². The lowest BCUT2D eigenvalue weighted by atomic mass is 10.0. The lowest BCUT2D eigenvalue weighted by molar-refractivity contribution is 0.397. The predicted octanol–water partition coefficient (Wildman–Crippen LogP) is 0.831. The molecule has 0 saturated carbocycles. The Kier molecular flexibility index (Phi) is 5.09. The Hall–Kier alpha value is -1.92. The van der Waals surface area contributed by atoms with Gasteiger partial charge in [-0.15, -0.1) is 0 Å². The quantitative estimate of drug-likeness (QED) is 0.578. The van der Waals surface area contributed by atoms with E-state index in [0.29, 0.717) is 5.88 Å². The number of nitrogens with two attached hydrogens (primary N) is 1. The van der Waals surface area contributed by atoms with Gasteiger partial charge in [-0.3, -0.25) is 11.3 Å². The van der Waals surface area contributed by atoms with Crippen molar-refractivity contribution >= 4 is 0 Å². The summed E-state index contributed by atoms with van der Waals surface area (Å²) in [5.41, 5.74) is 4.00. The summed E-state index contributed by atoms with van der Waals surface area (Å²) in [6.07, 6.45) is 8.23. The summed E-state index contributed by atoms with van der Waals surface area (Å²) in [7, 11) is 3.61. The standard InChI is InChI=1S/C14H21N5O/c1-19-8-7-16-13(19)5-4-12(18-15)9-11-3-6-14(20-2)17-10-11/h3,6-8,10,12,18H,4-5,9,15H2,1-2H3. The van der Waals surface area contributed by atoms with Gasteiger partial charge in [-0.2, -0.15) is 0 Å². The minimum absolute atomic E-state index is 0.196. The zero-order valence-corrected chi connectivity index (χ0v) is 11.9. The van der Waals surface area contributed by atoms with Crippen LogP contribution in [-0.2, 0) is 19.9 Å². The molecule has 0 saturated heterocycles. The van der Waals surface area contributed by atoms with Gasteiger partial charge in [-0.25, -0.2) is 9.97 Å². The fraction of sp³-hybridized carbons (Fsp3) is 0.429. The van der Waals surface area contributed by atoms with Crippen LogP contribution in [-0.4, -0.2) is 27.7 Å². The van der Waals surface area contributed by atoms with Crippen LogP contribution in [0.25, 0.3) is 0 Å². The zero-order chi connectivity index (χ0) is 14.4. The van der Waals surface area contributed by atoms with Crippen molar-refractivity contribution in [2.75, 3.05) is 7.11 Å². The molecule has 1 unspecified atom stereocenters. The number of aromatic nitrogens is 3. The molecule has 6 heteroatoms. The molecule has 6 nitrogen and oxygen atoms in total. The molecule has 3 N–H and O–H groups in total. The number of nitrogens with one attached hydrogen (secondary N) is 1. The minimum Gasteiger partial charge on any atom is -0.481 e. The molecule has 20 heavy (non-hydrogen) atoms. The molecular weight excluding hydrogens is 254 g/mol. The van der Waals surface area contributed by atoms with Crippen molar-refractivity contribution in [3.63, 3.8) is 0 Å². The summed E-state index contributed by atoms with van der Waals surface area (Å²) in [6.45, 7) is 0. The third kappa shape index (κ3) is 3.79. The van der Waals surface area contributed by atoms with E-state index < -0.39 is 0 Å². The van der Waals surface area contributed by atoms with Crippen LogP contribution in [0.3, 0.4) is 0 Å². The van der Waals surface area contributed by atoms with Crippen molar-refractivity contribution < 1.29 is 4.74 Å². The maximum Gasteiger partial charge on any atom is 0.212 e. The number of pyridine rings is 1. The van der Waals surface area contributed by atoms with E-state index in [4.69, 9.17) is 10.6 Å². The van der Waals surface area contributed by atoms with Crippen molar-refractivity contribution in [1.82, 2.24) is 20.0 Å². The third-order valence-electron chi connectivity index (χ3n) is 3.36. The highest BCUT2D eigenvalue weighted by Crippen LogP contribution is 2.11. The Bertz CT molecular complexity index is 523. The Morgan fingerprint density at radius 2 is 2.25 bits per heavy atom. The summed E-state index contributed by atoms with van der Waals surface area (Å²) in [5, 5.41) is 0. The Morgan fingerprint density at radius 1 is 1.40 bits per heavy atom. The van der Waals surface area contributed by atoms with E-state index in [2.05, 4.69) is 15.4 Å². The largest absolute Gasteiger partial charge is 0.481 e. The van der Waals surface area contributed by atoms with Crippen molar-refractivity contribution in [3.8, 4) is 5.88 Å². The molecule has 0 spiro atoms. The second-order valence-electron chi connectivity index (χ2n) is 4.77. The first kappa shape index (κ1) is 14.5. The van der Waals surface area contributed by atoms with Gasteiger partial charge in [0.2, 0.25) is 5.88 Å². The molecule has 1 atom stereocenters. The summed E-state index contributed by atoms with van der Waals surface area (Å²) >= 11 is 0. The van der Waals surface area contributed by atoms with Crippen molar-refractivity contribution in [2.45, 2.75) is 25.3 Å². The highest BCUT2D eigenvalue weighted by atomic mass is 16.5. The highest BCUT2D eigenvalue weighted by Gasteiger charge is 2.10. The van der Waals surface area contributed by atoms with Crippen LogP contribution in [0.4, 0.5) is 0 Å². The highest BCUT2D eigenvalue weighted by molar-refractivity contribution is 5.18. The lowest BCUT2D eigenvalue weighted by Gasteiger charge is -2.15. The van der Waals surface area contributed by atoms with Crippen LogP contribution in [0, 0.1) is 0 Å². The van der Waals surface area contributed by atoms with E-state index in [9.17, 15) is 0 Å². The molecule has 2 rings (SSSR count). The number of rotatable bonds is 7.